The molecule has 0 radical (unpaired) electrons. The van der Waals surface area contributed by atoms with E-state index in [9.17, 15) is 24.6 Å². The minimum absolute atomic E-state index is 0.0153. The fourth-order valence-corrected chi connectivity index (χ4v) is 6.61. The smallest absolute Gasteiger partial charge is 0.309 e. The summed E-state index contributed by atoms with van der Waals surface area (Å²) in [6, 6.07) is 0. The Kier molecular flexibility index (Phi) is 20.8. The van der Waals surface area contributed by atoms with Gasteiger partial charge in [-0.15, -0.1) is 0 Å². The number of carbonyl (C=O) groups is 3. The molecule has 0 spiro atoms. The number of esters is 1. The summed E-state index contributed by atoms with van der Waals surface area (Å²) in [6.45, 7) is 3.76. The molecule has 44 heavy (non-hydrogen) atoms. The molecule has 2 aliphatic heterocycles. The molecule has 0 bridgehead atoms. The molecule has 0 amide bonds. The molecule has 7 nitrogen and oxygen atoms in total. The van der Waals surface area contributed by atoms with Crippen molar-refractivity contribution in [2.75, 3.05) is 0 Å². The standard InChI is InChI=1S/C37H64O7/c1-3-4-5-6-7-8-9-10-11-12-13-16-23-33(40)35-25-26-36(44-35)34(41)24-17-14-15-20-31(39)21-18-19-22-32-28-30(27-29(2)38)37(42)43-32/h12-13,30,32-36,40-41H,3-11,14-28H2,1-2H3/b13-12-/t30-,32+,33+,34+,35-,36+/m0/s1. The van der Waals surface area contributed by atoms with Gasteiger partial charge < -0.3 is 24.5 Å². The predicted molar refractivity (Wildman–Crippen MR) is 175 cm³/mol. The van der Waals surface area contributed by atoms with E-state index in [1.807, 2.05) is 0 Å². The van der Waals surface area contributed by atoms with Crippen molar-refractivity contribution < 1.29 is 34.1 Å². The van der Waals surface area contributed by atoms with Gasteiger partial charge in [-0.2, -0.15) is 0 Å². The average Bonchev–Trinajstić information content (AvgIpc) is 3.62. The van der Waals surface area contributed by atoms with Crippen LogP contribution in [-0.2, 0) is 23.9 Å². The van der Waals surface area contributed by atoms with Crippen molar-refractivity contribution in [3.05, 3.63) is 12.2 Å². The first-order valence-electron chi connectivity index (χ1n) is 18.2. The van der Waals surface area contributed by atoms with Gasteiger partial charge in [0.15, 0.2) is 0 Å². The lowest BCUT2D eigenvalue weighted by atomic mass is 9.96. The molecule has 2 saturated heterocycles. The van der Waals surface area contributed by atoms with Crippen LogP contribution in [0.2, 0.25) is 0 Å². The van der Waals surface area contributed by atoms with Gasteiger partial charge in [0.25, 0.3) is 0 Å². The summed E-state index contributed by atoms with van der Waals surface area (Å²) in [5, 5.41) is 21.2. The molecule has 2 aliphatic rings. The highest BCUT2D eigenvalue weighted by Crippen LogP contribution is 2.29. The Morgan fingerprint density at radius 1 is 0.795 bits per heavy atom. The number of aliphatic hydroxyl groups excluding tert-OH is 2. The summed E-state index contributed by atoms with van der Waals surface area (Å²) in [5.74, 6) is -0.271. The fraction of sp³-hybridized carbons (Fsp3) is 0.865. The van der Waals surface area contributed by atoms with E-state index >= 15 is 0 Å². The Morgan fingerprint density at radius 2 is 1.39 bits per heavy atom. The first kappa shape index (κ1) is 38.6. The summed E-state index contributed by atoms with van der Waals surface area (Å²) in [5.41, 5.74) is 0. The van der Waals surface area contributed by atoms with Gasteiger partial charge in [0, 0.05) is 19.3 Å². The van der Waals surface area contributed by atoms with Crippen LogP contribution in [0.15, 0.2) is 12.2 Å². The lowest BCUT2D eigenvalue weighted by Gasteiger charge is -2.22. The van der Waals surface area contributed by atoms with E-state index in [1.165, 1.54) is 58.3 Å². The lowest BCUT2D eigenvalue weighted by Crippen LogP contribution is -2.31. The monoisotopic (exact) mass is 620 g/mol. The number of hydrogen-bond donors (Lipinski definition) is 2. The van der Waals surface area contributed by atoms with Crippen LogP contribution < -0.4 is 0 Å². The lowest BCUT2D eigenvalue weighted by molar-refractivity contribution is -0.145. The van der Waals surface area contributed by atoms with E-state index in [-0.39, 0.29) is 48.2 Å². The number of allylic oxidation sites excluding steroid dienone is 2. The van der Waals surface area contributed by atoms with Crippen molar-refractivity contribution in [3.8, 4) is 0 Å². The zero-order valence-corrected chi connectivity index (χ0v) is 28.0. The molecule has 254 valence electrons. The summed E-state index contributed by atoms with van der Waals surface area (Å²) in [6.07, 6.45) is 25.6. The second-order valence-corrected chi connectivity index (χ2v) is 13.5. The average molecular weight is 621 g/mol. The van der Waals surface area contributed by atoms with E-state index in [0.29, 0.717) is 32.1 Å². The minimum atomic E-state index is -0.519. The molecule has 2 heterocycles. The highest BCUT2D eigenvalue weighted by Gasteiger charge is 2.35. The Bertz CT molecular complexity index is 825. The van der Waals surface area contributed by atoms with Crippen LogP contribution in [-0.4, -0.2) is 58.3 Å². The summed E-state index contributed by atoms with van der Waals surface area (Å²) < 4.78 is 11.4. The number of ketones is 2. The van der Waals surface area contributed by atoms with Gasteiger partial charge in [-0.05, 0) is 84.0 Å². The van der Waals surface area contributed by atoms with Crippen molar-refractivity contribution in [3.63, 3.8) is 0 Å². The maximum absolute atomic E-state index is 12.3. The second-order valence-electron chi connectivity index (χ2n) is 13.5. The number of Topliss-reactive ketones (excluding diaryl/α,β-unsaturated/α-hetero) is 2. The van der Waals surface area contributed by atoms with E-state index < -0.39 is 12.2 Å². The van der Waals surface area contributed by atoms with Gasteiger partial charge in [-0.1, -0.05) is 76.9 Å². The maximum Gasteiger partial charge on any atom is 0.309 e. The second kappa shape index (κ2) is 23.7. The minimum Gasteiger partial charge on any atom is -0.462 e. The third-order valence-electron chi connectivity index (χ3n) is 9.35. The van der Waals surface area contributed by atoms with Crippen LogP contribution in [0.5, 0.6) is 0 Å². The number of hydrogen-bond acceptors (Lipinski definition) is 7. The molecule has 2 rings (SSSR count). The zero-order valence-electron chi connectivity index (χ0n) is 28.0. The van der Waals surface area contributed by atoms with Gasteiger partial charge in [0.05, 0.1) is 30.3 Å². The molecule has 7 heteroatoms. The Balaban J connectivity index is 1.42. The summed E-state index contributed by atoms with van der Waals surface area (Å²) in [4.78, 5) is 35.3. The van der Waals surface area contributed by atoms with Crippen LogP contribution in [0.25, 0.3) is 0 Å². The van der Waals surface area contributed by atoms with Crippen LogP contribution in [0, 0.1) is 5.92 Å². The fourth-order valence-electron chi connectivity index (χ4n) is 6.61. The number of aliphatic hydroxyl groups is 2. The van der Waals surface area contributed by atoms with Crippen LogP contribution in [0.1, 0.15) is 168 Å². The number of unbranched alkanes of at least 4 members (excludes halogenated alkanes) is 11. The molecule has 0 saturated carbocycles. The Hall–Kier alpha value is -1.57. The molecule has 2 fully saturated rings. The molecular weight excluding hydrogens is 556 g/mol. The van der Waals surface area contributed by atoms with Crippen molar-refractivity contribution in [2.45, 2.75) is 198 Å². The quantitative estimate of drug-likeness (QED) is 0.0542. The third-order valence-corrected chi connectivity index (χ3v) is 9.35. The van der Waals surface area contributed by atoms with Gasteiger partial charge in [-0.3, -0.25) is 9.59 Å². The number of cyclic esters (lactones) is 1. The van der Waals surface area contributed by atoms with Crippen LogP contribution in [0.4, 0.5) is 0 Å². The molecule has 0 aliphatic carbocycles. The molecule has 2 N–H and O–H groups in total. The SMILES string of the molecule is CCCCCCCCCC/C=C\CC[C@@H](O)[C@@H]1CC[C@H]([C@H](O)CCCCCC(=O)CCCC[C@@H]2C[C@H](CC(C)=O)C(=O)O2)O1. The maximum atomic E-state index is 12.3. The topological polar surface area (TPSA) is 110 Å². The van der Waals surface area contributed by atoms with Gasteiger partial charge in [-0.25, -0.2) is 0 Å². The van der Waals surface area contributed by atoms with E-state index in [2.05, 4.69) is 19.1 Å². The molecule has 0 aromatic rings. The molecule has 0 aromatic heterocycles. The van der Waals surface area contributed by atoms with Crippen molar-refractivity contribution in [1.82, 2.24) is 0 Å². The third kappa shape index (κ3) is 17.2. The van der Waals surface area contributed by atoms with Gasteiger partial charge in [0.2, 0.25) is 0 Å². The number of rotatable bonds is 27. The Morgan fingerprint density at radius 3 is 2.07 bits per heavy atom. The first-order valence-corrected chi connectivity index (χ1v) is 18.2. The first-order chi connectivity index (χ1) is 21.3. The van der Waals surface area contributed by atoms with Crippen molar-refractivity contribution in [1.29, 1.82) is 0 Å². The van der Waals surface area contributed by atoms with E-state index in [0.717, 1.165) is 64.2 Å². The predicted octanol–water partition coefficient (Wildman–Crippen LogP) is 8.11. The van der Waals surface area contributed by atoms with Gasteiger partial charge in [0.1, 0.15) is 17.7 Å². The largest absolute Gasteiger partial charge is 0.462 e. The van der Waals surface area contributed by atoms with Crippen molar-refractivity contribution in [2.24, 2.45) is 5.92 Å². The van der Waals surface area contributed by atoms with Crippen LogP contribution in [0.3, 0.4) is 0 Å². The normalized spacial score (nSPS) is 23.3. The summed E-state index contributed by atoms with van der Waals surface area (Å²) >= 11 is 0. The van der Waals surface area contributed by atoms with E-state index in [1.54, 1.807) is 0 Å². The molecular formula is C37H64O7. The Labute approximate surface area is 267 Å². The van der Waals surface area contributed by atoms with Crippen molar-refractivity contribution >= 4 is 17.5 Å². The number of carbonyl (C=O) groups excluding carboxylic acids is 3. The van der Waals surface area contributed by atoms with Gasteiger partial charge >= 0.3 is 5.97 Å². The number of ether oxygens (including phenoxy) is 2. The highest BCUT2D eigenvalue weighted by atomic mass is 16.6. The summed E-state index contributed by atoms with van der Waals surface area (Å²) in [7, 11) is 0. The van der Waals surface area contributed by atoms with E-state index in [4.69, 9.17) is 9.47 Å². The molecule has 0 aromatic carbocycles. The zero-order chi connectivity index (χ0) is 32.0. The molecule has 0 unspecified atom stereocenters. The highest BCUT2D eigenvalue weighted by molar-refractivity contribution is 5.83. The van der Waals surface area contributed by atoms with Crippen LogP contribution >= 0.6 is 0 Å². The molecule has 6 atom stereocenters.